The molecular formula is C19H19N5O2. The maximum absolute atomic E-state index is 11.2. The van der Waals surface area contributed by atoms with Crippen LogP contribution in [0.2, 0.25) is 0 Å². The van der Waals surface area contributed by atoms with Gasteiger partial charge in [0.1, 0.15) is 18.1 Å². The fourth-order valence-electron chi connectivity index (χ4n) is 2.17. The number of nitrogens with one attached hydrogen (secondary N) is 2. The van der Waals surface area contributed by atoms with E-state index in [4.69, 9.17) is 4.74 Å². The maximum Gasteiger partial charge on any atom is 0.363 e. The molecule has 3 aromatic rings. The lowest BCUT2D eigenvalue weighted by molar-refractivity contribution is 0.306. The van der Waals surface area contributed by atoms with Gasteiger partial charge in [-0.2, -0.15) is 15.2 Å². The lowest BCUT2D eigenvalue weighted by Crippen LogP contribution is -2.15. The third-order valence-electron chi connectivity index (χ3n) is 3.67. The molecule has 7 nitrogen and oxygen atoms in total. The number of aromatic nitrogens is 3. The van der Waals surface area contributed by atoms with Crippen LogP contribution in [0, 0.1) is 13.8 Å². The van der Waals surface area contributed by atoms with Gasteiger partial charge in [0, 0.05) is 0 Å². The van der Waals surface area contributed by atoms with E-state index in [1.165, 1.54) is 5.56 Å². The van der Waals surface area contributed by atoms with Gasteiger partial charge in [-0.25, -0.2) is 9.89 Å². The standard InChI is InChI=1S/C19H19N5O2/c1-13-3-5-16(6-4-13)12-26-17-9-7-15(8-10-17)11-20-23-18-14(2)22-24-19(25)21-18/h3-11H,12H2,1-2H3,(H2,21,23,24,25)/b20-11+. The molecule has 26 heavy (non-hydrogen) atoms. The van der Waals surface area contributed by atoms with Crippen molar-refractivity contribution in [2.75, 3.05) is 5.43 Å². The summed E-state index contributed by atoms with van der Waals surface area (Å²) in [5.41, 5.74) is 5.98. The van der Waals surface area contributed by atoms with Crippen molar-refractivity contribution in [3.63, 3.8) is 0 Å². The van der Waals surface area contributed by atoms with E-state index in [0.717, 1.165) is 16.9 Å². The second kappa shape index (κ2) is 8.06. The molecule has 7 heteroatoms. The summed E-state index contributed by atoms with van der Waals surface area (Å²) in [6.07, 6.45) is 1.63. The Balaban J connectivity index is 1.56. The molecular weight excluding hydrogens is 330 g/mol. The third-order valence-corrected chi connectivity index (χ3v) is 3.67. The predicted molar refractivity (Wildman–Crippen MR) is 101 cm³/mol. The molecule has 0 saturated heterocycles. The zero-order chi connectivity index (χ0) is 18.4. The van der Waals surface area contributed by atoms with Crippen LogP contribution in [0.15, 0.2) is 58.4 Å². The summed E-state index contributed by atoms with van der Waals surface area (Å²) >= 11 is 0. The summed E-state index contributed by atoms with van der Waals surface area (Å²) in [6, 6.07) is 15.8. The first-order valence-corrected chi connectivity index (χ1v) is 8.11. The minimum atomic E-state index is -0.525. The molecule has 1 heterocycles. The van der Waals surface area contributed by atoms with Crippen molar-refractivity contribution < 1.29 is 4.74 Å². The smallest absolute Gasteiger partial charge is 0.363 e. The predicted octanol–water partition coefficient (Wildman–Crippen LogP) is 2.81. The van der Waals surface area contributed by atoms with Crippen molar-refractivity contribution in [2.24, 2.45) is 5.10 Å². The number of benzene rings is 2. The average Bonchev–Trinajstić information content (AvgIpc) is 2.65. The minimum absolute atomic E-state index is 0.322. The van der Waals surface area contributed by atoms with Gasteiger partial charge in [0.2, 0.25) is 0 Å². The van der Waals surface area contributed by atoms with E-state index in [9.17, 15) is 4.79 Å². The molecule has 0 aliphatic carbocycles. The highest BCUT2D eigenvalue weighted by atomic mass is 16.5. The van der Waals surface area contributed by atoms with Crippen LogP contribution in [-0.2, 0) is 6.61 Å². The van der Waals surface area contributed by atoms with Gasteiger partial charge in [-0.05, 0) is 49.2 Å². The summed E-state index contributed by atoms with van der Waals surface area (Å²) in [4.78, 5) is 14.9. The van der Waals surface area contributed by atoms with Crippen molar-refractivity contribution in [3.05, 3.63) is 81.4 Å². The highest BCUT2D eigenvalue weighted by molar-refractivity contribution is 5.80. The fraction of sp³-hybridized carbons (Fsp3) is 0.158. The second-order valence-corrected chi connectivity index (χ2v) is 5.79. The van der Waals surface area contributed by atoms with Gasteiger partial charge in [0.15, 0.2) is 5.82 Å². The van der Waals surface area contributed by atoms with Gasteiger partial charge in [-0.1, -0.05) is 29.8 Å². The van der Waals surface area contributed by atoms with Crippen LogP contribution in [0.3, 0.4) is 0 Å². The van der Waals surface area contributed by atoms with E-state index >= 15 is 0 Å². The molecule has 0 aliphatic rings. The molecule has 0 unspecified atom stereocenters. The van der Waals surface area contributed by atoms with Gasteiger partial charge in [0.25, 0.3) is 0 Å². The first kappa shape index (κ1) is 17.3. The Morgan fingerprint density at radius 3 is 2.58 bits per heavy atom. The first-order valence-electron chi connectivity index (χ1n) is 8.11. The van der Waals surface area contributed by atoms with E-state index in [-0.39, 0.29) is 0 Å². The Morgan fingerprint density at radius 2 is 1.85 bits per heavy atom. The molecule has 0 radical (unpaired) electrons. The summed E-state index contributed by atoms with van der Waals surface area (Å²) < 4.78 is 5.77. The van der Waals surface area contributed by atoms with Crippen molar-refractivity contribution in [2.45, 2.75) is 20.5 Å². The Bertz CT molecular complexity index is 947. The van der Waals surface area contributed by atoms with Gasteiger partial charge in [0.05, 0.1) is 6.21 Å². The Kier molecular flexibility index (Phi) is 5.38. The Labute approximate surface area is 150 Å². The van der Waals surface area contributed by atoms with Crippen LogP contribution in [0.5, 0.6) is 5.75 Å². The van der Waals surface area contributed by atoms with Gasteiger partial charge >= 0.3 is 5.69 Å². The number of aryl methyl sites for hydroxylation is 2. The molecule has 0 spiro atoms. The number of anilines is 1. The monoisotopic (exact) mass is 349 g/mol. The maximum atomic E-state index is 11.2. The largest absolute Gasteiger partial charge is 0.489 e. The molecule has 2 aromatic carbocycles. The average molecular weight is 349 g/mol. The normalized spacial score (nSPS) is 10.8. The zero-order valence-electron chi connectivity index (χ0n) is 14.6. The number of nitrogens with zero attached hydrogens (tertiary/aromatic N) is 3. The van der Waals surface area contributed by atoms with Crippen LogP contribution in [0.4, 0.5) is 5.82 Å². The van der Waals surface area contributed by atoms with E-state index < -0.39 is 5.69 Å². The number of ether oxygens (including phenoxy) is 1. The van der Waals surface area contributed by atoms with Crippen LogP contribution < -0.4 is 15.9 Å². The summed E-state index contributed by atoms with van der Waals surface area (Å²) in [5.74, 6) is 1.11. The second-order valence-electron chi connectivity index (χ2n) is 5.79. The SMILES string of the molecule is Cc1ccc(COc2ccc(/C=N/Nc3nc(=O)[nH]nc3C)cc2)cc1. The van der Waals surface area contributed by atoms with Crippen molar-refractivity contribution >= 4 is 12.0 Å². The molecule has 0 bridgehead atoms. The van der Waals surface area contributed by atoms with Gasteiger partial charge in [-0.3, -0.25) is 5.43 Å². The highest BCUT2D eigenvalue weighted by Crippen LogP contribution is 2.14. The number of hydrogen-bond donors (Lipinski definition) is 2. The number of H-pyrrole nitrogens is 1. The van der Waals surface area contributed by atoms with Gasteiger partial charge in [-0.15, -0.1) is 0 Å². The van der Waals surface area contributed by atoms with E-state index in [1.54, 1.807) is 13.1 Å². The number of hydrogen-bond acceptors (Lipinski definition) is 6. The molecule has 0 amide bonds. The molecule has 0 fully saturated rings. The number of rotatable bonds is 6. The molecule has 2 N–H and O–H groups in total. The first-order chi connectivity index (χ1) is 12.6. The number of aromatic amines is 1. The van der Waals surface area contributed by atoms with Crippen molar-refractivity contribution in [1.82, 2.24) is 15.2 Å². The lowest BCUT2D eigenvalue weighted by atomic mass is 10.2. The summed E-state index contributed by atoms with van der Waals surface area (Å²) in [7, 11) is 0. The topological polar surface area (TPSA) is 92.3 Å². The van der Waals surface area contributed by atoms with Gasteiger partial charge < -0.3 is 4.74 Å². The molecule has 0 saturated carbocycles. The summed E-state index contributed by atoms with van der Waals surface area (Å²) in [6.45, 7) is 4.31. The van der Waals surface area contributed by atoms with Crippen LogP contribution >= 0.6 is 0 Å². The lowest BCUT2D eigenvalue weighted by Gasteiger charge is -2.07. The minimum Gasteiger partial charge on any atom is -0.489 e. The quantitative estimate of drug-likeness (QED) is 0.527. The van der Waals surface area contributed by atoms with Crippen LogP contribution in [0.25, 0.3) is 0 Å². The molecule has 1 aromatic heterocycles. The summed E-state index contributed by atoms with van der Waals surface area (Å²) in [5, 5.41) is 10.1. The van der Waals surface area contributed by atoms with E-state index in [2.05, 4.69) is 56.9 Å². The van der Waals surface area contributed by atoms with Crippen LogP contribution in [-0.4, -0.2) is 21.4 Å². The highest BCUT2D eigenvalue weighted by Gasteiger charge is 2.00. The number of hydrazone groups is 1. The molecule has 0 atom stereocenters. The molecule has 3 rings (SSSR count). The Hall–Kier alpha value is -3.48. The van der Waals surface area contributed by atoms with E-state index in [1.807, 2.05) is 24.3 Å². The molecule has 132 valence electrons. The van der Waals surface area contributed by atoms with Crippen molar-refractivity contribution in [3.8, 4) is 5.75 Å². The fourth-order valence-corrected chi connectivity index (χ4v) is 2.17. The van der Waals surface area contributed by atoms with Crippen LogP contribution in [0.1, 0.15) is 22.4 Å². The zero-order valence-corrected chi connectivity index (χ0v) is 14.6. The third kappa shape index (κ3) is 4.76. The Morgan fingerprint density at radius 1 is 1.12 bits per heavy atom. The molecule has 0 aliphatic heterocycles. The van der Waals surface area contributed by atoms with E-state index in [0.29, 0.717) is 18.1 Å². The van der Waals surface area contributed by atoms with Crippen molar-refractivity contribution in [1.29, 1.82) is 0 Å².